The number of hydrogen-bond donors (Lipinski definition) is 4. The molecule has 1 aromatic rings. The Hall–Kier alpha value is -6.53. The van der Waals surface area contributed by atoms with E-state index in [-0.39, 0.29) is 64.0 Å². The molecule has 22 nitrogen and oxygen atoms in total. The molecule has 8 atom stereocenters. The van der Waals surface area contributed by atoms with Crippen LogP contribution < -0.4 is 21.3 Å². The summed E-state index contributed by atoms with van der Waals surface area (Å²) in [4.78, 5) is 167. The highest BCUT2D eigenvalue weighted by Gasteiger charge is 2.49. The average Bonchev–Trinajstić information content (AvgIpc) is 1.94. The molecule has 2 aliphatic carbocycles. The first-order valence-corrected chi connectivity index (χ1v) is 32.1. The Labute approximate surface area is 527 Å². The van der Waals surface area contributed by atoms with Gasteiger partial charge in [-0.25, -0.2) is 0 Å². The van der Waals surface area contributed by atoms with Crippen molar-refractivity contribution in [1.82, 2.24) is 55.6 Å². The highest BCUT2D eigenvalue weighted by molar-refractivity contribution is 6.31. The summed E-state index contributed by atoms with van der Waals surface area (Å²) in [5, 5.41) is 10.9. The first kappa shape index (κ1) is 73.2. The van der Waals surface area contributed by atoms with E-state index in [1.807, 2.05) is 13.8 Å². The summed E-state index contributed by atoms with van der Waals surface area (Å²) in [6.07, 6.45) is 2.34. The van der Waals surface area contributed by atoms with E-state index in [1.165, 1.54) is 67.8 Å². The number of alkyl halides is 3. The number of carbonyl (C=O) groups excluding carboxylic acids is 11. The van der Waals surface area contributed by atoms with Gasteiger partial charge in [0.25, 0.3) is 0 Å². The van der Waals surface area contributed by atoms with E-state index in [1.54, 1.807) is 27.7 Å². The Bertz CT molecular complexity index is 2720. The summed E-state index contributed by atoms with van der Waals surface area (Å²) in [5.41, 5.74) is -2.25. The van der Waals surface area contributed by atoms with Crippen molar-refractivity contribution >= 4 is 76.6 Å². The van der Waals surface area contributed by atoms with E-state index in [4.69, 9.17) is 11.6 Å². The van der Waals surface area contributed by atoms with Crippen LogP contribution in [-0.2, 0) is 65.3 Å². The van der Waals surface area contributed by atoms with Crippen molar-refractivity contribution < 1.29 is 65.9 Å². The molecule has 2 saturated carbocycles. The zero-order valence-electron chi connectivity index (χ0n) is 54.2. The summed E-state index contributed by atoms with van der Waals surface area (Å²) in [6, 6.07) is -4.58. The molecule has 4 N–H and O–H groups in total. The van der Waals surface area contributed by atoms with Crippen molar-refractivity contribution in [2.45, 2.75) is 212 Å². The molecule has 1 unspecified atom stereocenters. The SMILES string of the molecule is CCCN1C(=O)C[C@@H](C)NC(=O)[C@H](C(C)C)N(C)C(=O)C2(CCCC2)NC(=O)C2CCCN2C(=O)[C@H](CCc2ccc(C(F)(F)F)c(Cl)c2)NC(=O)CN(C)C(=O)[C@H](CC2CCCCC2)N(C)C(=O)CN(C)C(=O)CN(C)C(=O)[C@H]([C@@H](C)CC)NC(=O)[C@@H]1C. The largest absolute Gasteiger partial charge is 0.417 e. The maximum Gasteiger partial charge on any atom is 0.417 e. The molecule has 89 heavy (non-hydrogen) atoms. The van der Waals surface area contributed by atoms with Crippen LogP contribution in [0.15, 0.2) is 18.2 Å². The maximum atomic E-state index is 15.0. The molecular formula is C63H97ClF3N11O11. The Morgan fingerprint density at radius 2 is 1.31 bits per heavy atom. The van der Waals surface area contributed by atoms with Gasteiger partial charge in [0, 0.05) is 60.8 Å². The topological polar surface area (TPSA) is 259 Å². The summed E-state index contributed by atoms with van der Waals surface area (Å²) in [5.74, 6) is -7.69. The number of likely N-dealkylation sites (N-methyl/N-ethyl adjacent to an activating group) is 5. The van der Waals surface area contributed by atoms with Gasteiger partial charge in [0.05, 0.1) is 30.2 Å². The molecular weight excluding hydrogens is 1180 g/mol. The second-order valence-corrected chi connectivity index (χ2v) is 26.1. The number of benzene rings is 1. The lowest BCUT2D eigenvalue weighted by atomic mass is 9.84. The molecule has 11 amide bonds. The minimum Gasteiger partial charge on any atom is -0.351 e. The monoisotopic (exact) mass is 1280 g/mol. The van der Waals surface area contributed by atoms with Gasteiger partial charge < -0.3 is 55.6 Å². The molecule has 2 heterocycles. The highest BCUT2D eigenvalue weighted by Crippen LogP contribution is 2.37. The Kier molecular flexibility index (Phi) is 26.7. The average molecular weight is 1280 g/mol. The van der Waals surface area contributed by atoms with Crippen LogP contribution in [0.4, 0.5) is 13.2 Å². The Morgan fingerprint density at radius 3 is 1.91 bits per heavy atom. The number of fused-ring (bicyclic) bond motifs is 1. The summed E-state index contributed by atoms with van der Waals surface area (Å²) in [7, 11) is 7.06. The van der Waals surface area contributed by atoms with E-state index in [0.717, 1.165) is 58.9 Å². The summed E-state index contributed by atoms with van der Waals surface area (Å²) < 4.78 is 41.3. The standard InChI is InChI=1S/C63H97ClF3N11O11/c1-13-30-77-41(7)55(83)70-53(39(5)14-2)60(88)74(10)36-51(81)72(8)37-52(82)75(11)48(34-42-21-16-15-17-22-42)59(87)73(9)35-49(79)69-46(27-25-43-24-26-44(45(64)33-43)63(65,66)67)58(86)78-31-20-23-47(78)56(84)71-62(28-18-19-29-62)61(89)76(12)54(38(3)4)57(85)68-40(6)32-50(77)80/h24,26,33,38-42,46-48,53-54H,13-23,25,27-32,34-37H2,1-12H3,(H,68,85)(H,69,79)(H,70,83)(H,71,84)/t39-,40+,41-,46-,47?,48-,53-,54-/m0/s1. The van der Waals surface area contributed by atoms with Crippen molar-refractivity contribution in [2.75, 3.05) is 68.0 Å². The number of rotatable bonds is 10. The number of hydrogen-bond acceptors (Lipinski definition) is 11. The van der Waals surface area contributed by atoms with Crippen LogP contribution in [0.3, 0.4) is 0 Å². The van der Waals surface area contributed by atoms with Gasteiger partial charge in [0.1, 0.15) is 41.8 Å². The van der Waals surface area contributed by atoms with Gasteiger partial charge in [0.15, 0.2) is 0 Å². The molecule has 4 aliphatic rings. The third-order valence-electron chi connectivity index (χ3n) is 18.4. The predicted molar refractivity (Wildman–Crippen MR) is 328 cm³/mol. The van der Waals surface area contributed by atoms with Gasteiger partial charge in [-0.2, -0.15) is 13.2 Å². The van der Waals surface area contributed by atoms with Gasteiger partial charge in [-0.15, -0.1) is 0 Å². The molecule has 0 radical (unpaired) electrons. The number of nitrogens with one attached hydrogen (secondary N) is 4. The molecule has 0 bridgehead atoms. The van der Waals surface area contributed by atoms with Crippen LogP contribution in [0.2, 0.25) is 5.02 Å². The van der Waals surface area contributed by atoms with E-state index in [2.05, 4.69) is 21.3 Å². The molecule has 2 aliphatic heterocycles. The third kappa shape index (κ3) is 19.0. The summed E-state index contributed by atoms with van der Waals surface area (Å²) in [6.45, 7) is 10.7. The Balaban J connectivity index is 1.54. The number of amides is 11. The number of aryl methyl sites for hydroxylation is 1. The summed E-state index contributed by atoms with van der Waals surface area (Å²) >= 11 is 6.11. The second kappa shape index (κ2) is 32.5. The lowest BCUT2D eigenvalue weighted by Gasteiger charge is -2.39. The van der Waals surface area contributed by atoms with Crippen molar-refractivity contribution in [1.29, 1.82) is 0 Å². The highest BCUT2D eigenvalue weighted by atomic mass is 35.5. The Morgan fingerprint density at radius 1 is 0.685 bits per heavy atom. The second-order valence-electron chi connectivity index (χ2n) is 25.7. The molecule has 1 aromatic carbocycles. The zero-order valence-corrected chi connectivity index (χ0v) is 55.0. The van der Waals surface area contributed by atoms with E-state index in [9.17, 15) is 65.9 Å². The number of halogens is 4. The van der Waals surface area contributed by atoms with E-state index < -0.39 is 161 Å². The fourth-order valence-corrected chi connectivity index (χ4v) is 13.2. The van der Waals surface area contributed by atoms with Gasteiger partial charge in [-0.3, -0.25) is 52.7 Å². The molecule has 5 rings (SSSR count). The minimum atomic E-state index is -4.74. The fraction of sp³-hybridized carbons (Fsp3) is 0.730. The van der Waals surface area contributed by atoms with Crippen molar-refractivity contribution in [3.8, 4) is 0 Å². The lowest BCUT2D eigenvalue weighted by Crippen LogP contribution is -2.64. The van der Waals surface area contributed by atoms with E-state index in [0.29, 0.717) is 37.7 Å². The van der Waals surface area contributed by atoms with Crippen molar-refractivity contribution in [3.63, 3.8) is 0 Å². The van der Waals surface area contributed by atoms with Gasteiger partial charge in [0.2, 0.25) is 65.0 Å². The molecule has 1 spiro atoms. The maximum absolute atomic E-state index is 15.0. The van der Waals surface area contributed by atoms with Crippen LogP contribution in [0, 0.1) is 17.8 Å². The van der Waals surface area contributed by atoms with Gasteiger partial charge in [-0.05, 0) is 101 Å². The predicted octanol–water partition coefficient (Wildman–Crippen LogP) is 4.92. The van der Waals surface area contributed by atoms with Crippen molar-refractivity contribution in [3.05, 3.63) is 34.3 Å². The van der Waals surface area contributed by atoms with Crippen LogP contribution in [0.1, 0.15) is 162 Å². The lowest BCUT2D eigenvalue weighted by molar-refractivity contribution is -0.149. The first-order valence-electron chi connectivity index (χ1n) is 31.7. The molecule has 498 valence electrons. The molecule has 4 fully saturated rings. The zero-order chi connectivity index (χ0) is 66.4. The van der Waals surface area contributed by atoms with E-state index >= 15 is 0 Å². The molecule has 26 heteroatoms. The van der Waals surface area contributed by atoms with Crippen LogP contribution in [0.5, 0.6) is 0 Å². The van der Waals surface area contributed by atoms with Crippen molar-refractivity contribution in [2.24, 2.45) is 17.8 Å². The van der Waals surface area contributed by atoms with Crippen LogP contribution >= 0.6 is 11.6 Å². The normalized spacial score (nSPS) is 26.4. The third-order valence-corrected chi connectivity index (χ3v) is 18.7. The minimum absolute atomic E-state index is 0.0354. The smallest absolute Gasteiger partial charge is 0.351 e. The van der Waals surface area contributed by atoms with Gasteiger partial charge in [-0.1, -0.05) is 104 Å². The molecule has 0 aromatic heterocycles. The number of carbonyl (C=O) groups is 11. The molecule has 2 saturated heterocycles. The van der Waals surface area contributed by atoms with Gasteiger partial charge >= 0.3 is 6.18 Å². The number of nitrogens with zero attached hydrogens (tertiary/aromatic N) is 7. The first-order chi connectivity index (χ1) is 41.8. The van der Waals surface area contributed by atoms with Crippen LogP contribution in [0.25, 0.3) is 0 Å². The van der Waals surface area contributed by atoms with Crippen LogP contribution in [-0.4, -0.2) is 215 Å². The fourth-order valence-electron chi connectivity index (χ4n) is 12.9. The quantitative estimate of drug-likeness (QED) is 0.245.